The highest BCUT2D eigenvalue weighted by molar-refractivity contribution is 7.19. The highest BCUT2D eigenvalue weighted by atomic mass is 32.1. The lowest BCUT2D eigenvalue weighted by molar-refractivity contribution is -0.136. The fourth-order valence-electron chi connectivity index (χ4n) is 2.30. The highest BCUT2D eigenvalue weighted by Crippen LogP contribution is 2.31. The van der Waals surface area contributed by atoms with Crippen LogP contribution in [-0.4, -0.2) is 16.1 Å². The lowest BCUT2D eigenvalue weighted by Gasteiger charge is -2.04. The van der Waals surface area contributed by atoms with E-state index in [0.29, 0.717) is 10.6 Å². The van der Waals surface area contributed by atoms with Gasteiger partial charge in [0.1, 0.15) is 16.6 Å². The van der Waals surface area contributed by atoms with Crippen molar-refractivity contribution < 1.29 is 18.7 Å². The first-order chi connectivity index (χ1) is 11.5. The summed E-state index contributed by atoms with van der Waals surface area (Å²) in [7, 11) is 0. The minimum atomic E-state index is -0.943. The maximum Gasteiger partial charge on any atom is 0.303 e. The smallest absolute Gasteiger partial charge is 0.303 e. The Morgan fingerprint density at radius 3 is 2.67 bits per heavy atom. The van der Waals surface area contributed by atoms with E-state index in [-0.39, 0.29) is 18.4 Å². The van der Waals surface area contributed by atoms with Crippen molar-refractivity contribution >= 4 is 39.2 Å². The van der Waals surface area contributed by atoms with Gasteiger partial charge in [-0.2, -0.15) is 0 Å². The van der Waals surface area contributed by atoms with E-state index in [1.54, 1.807) is 0 Å². The number of allylic oxidation sites excluding steroid dienone is 1. The van der Waals surface area contributed by atoms with Crippen LogP contribution in [0, 0.1) is 11.6 Å². The fourth-order valence-corrected chi connectivity index (χ4v) is 3.31. The van der Waals surface area contributed by atoms with Crippen LogP contribution in [0.25, 0.3) is 21.9 Å². The van der Waals surface area contributed by atoms with Crippen LogP contribution >= 0.6 is 11.3 Å². The molecule has 0 spiro atoms. The molecule has 1 aromatic heterocycles. The zero-order chi connectivity index (χ0) is 17.1. The van der Waals surface area contributed by atoms with E-state index in [9.17, 15) is 13.6 Å². The van der Waals surface area contributed by atoms with Crippen molar-refractivity contribution in [1.29, 1.82) is 0 Å². The molecule has 3 aromatic rings. The summed E-state index contributed by atoms with van der Waals surface area (Å²) in [5.41, 5.74) is 1.62. The third-order valence-electron chi connectivity index (χ3n) is 3.47. The lowest BCUT2D eigenvalue weighted by Crippen LogP contribution is -1.96. The van der Waals surface area contributed by atoms with Crippen LogP contribution in [0.15, 0.2) is 42.5 Å². The van der Waals surface area contributed by atoms with E-state index >= 15 is 0 Å². The van der Waals surface area contributed by atoms with E-state index < -0.39 is 17.6 Å². The zero-order valence-corrected chi connectivity index (χ0v) is 13.3. The van der Waals surface area contributed by atoms with Gasteiger partial charge < -0.3 is 5.11 Å². The average Bonchev–Trinajstić information content (AvgIpc) is 2.97. The molecule has 0 aliphatic rings. The molecule has 2 aromatic carbocycles. The molecule has 1 heterocycles. The van der Waals surface area contributed by atoms with Gasteiger partial charge >= 0.3 is 5.97 Å². The Labute approximate surface area is 140 Å². The molecule has 0 bridgehead atoms. The summed E-state index contributed by atoms with van der Waals surface area (Å²) in [6, 6.07) is 10.9. The second kappa shape index (κ2) is 6.88. The maximum atomic E-state index is 13.9. The first-order valence-corrected chi connectivity index (χ1v) is 8.08. The van der Waals surface area contributed by atoms with Crippen molar-refractivity contribution in [3.8, 4) is 0 Å². The molecule has 3 nitrogen and oxygen atoms in total. The number of benzene rings is 2. The van der Waals surface area contributed by atoms with Gasteiger partial charge in [-0.25, -0.2) is 13.8 Å². The number of halogens is 2. The molecule has 0 aliphatic carbocycles. The molecule has 0 atom stereocenters. The first-order valence-electron chi connectivity index (χ1n) is 7.26. The molecule has 0 fully saturated rings. The van der Waals surface area contributed by atoms with Crippen LogP contribution in [-0.2, 0) is 4.79 Å². The number of thiazole rings is 1. The second-order valence-corrected chi connectivity index (χ2v) is 6.25. The van der Waals surface area contributed by atoms with Crippen LogP contribution in [0.5, 0.6) is 0 Å². The molecule has 122 valence electrons. The maximum absolute atomic E-state index is 13.9. The van der Waals surface area contributed by atoms with Crippen molar-refractivity contribution in [1.82, 2.24) is 4.98 Å². The Morgan fingerprint density at radius 2 is 1.96 bits per heavy atom. The Bertz CT molecular complexity index is 901. The Morgan fingerprint density at radius 1 is 1.17 bits per heavy atom. The molecule has 0 radical (unpaired) electrons. The highest BCUT2D eigenvalue weighted by Gasteiger charge is 2.12. The lowest BCUT2D eigenvalue weighted by atomic mass is 10.1. The summed E-state index contributed by atoms with van der Waals surface area (Å²) >= 11 is 1.42. The summed E-state index contributed by atoms with van der Waals surface area (Å²) in [5, 5.41) is 9.58. The number of nitrogens with zero attached hydrogens (tertiary/aromatic N) is 1. The van der Waals surface area contributed by atoms with Crippen LogP contribution in [0.3, 0.4) is 0 Å². The van der Waals surface area contributed by atoms with Gasteiger partial charge in [0.2, 0.25) is 0 Å². The molecular weight excluding hydrogens is 332 g/mol. The van der Waals surface area contributed by atoms with Gasteiger partial charge in [0.15, 0.2) is 0 Å². The van der Waals surface area contributed by atoms with E-state index in [0.717, 1.165) is 16.3 Å². The van der Waals surface area contributed by atoms with Crippen molar-refractivity contribution in [2.75, 3.05) is 0 Å². The van der Waals surface area contributed by atoms with Crippen molar-refractivity contribution in [2.45, 2.75) is 12.8 Å². The van der Waals surface area contributed by atoms with Gasteiger partial charge in [0.05, 0.1) is 10.2 Å². The van der Waals surface area contributed by atoms with Gasteiger partial charge in [0.25, 0.3) is 0 Å². The normalized spacial score (nSPS) is 11.8. The SMILES string of the molecule is O=C(O)CC/C(=C\c1ccc(F)cc1F)c1nc2ccccc2s1. The van der Waals surface area contributed by atoms with Gasteiger partial charge in [-0.3, -0.25) is 4.79 Å². The number of rotatable bonds is 5. The Hall–Kier alpha value is -2.60. The summed E-state index contributed by atoms with van der Waals surface area (Å²) in [4.78, 5) is 15.4. The van der Waals surface area contributed by atoms with Crippen LogP contribution in [0.4, 0.5) is 8.78 Å². The van der Waals surface area contributed by atoms with Crippen LogP contribution in [0.2, 0.25) is 0 Å². The number of hydrogen-bond donors (Lipinski definition) is 1. The van der Waals surface area contributed by atoms with Gasteiger partial charge in [0, 0.05) is 18.1 Å². The van der Waals surface area contributed by atoms with Gasteiger partial charge in [-0.05, 0) is 42.3 Å². The van der Waals surface area contributed by atoms with E-state index in [2.05, 4.69) is 4.98 Å². The van der Waals surface area contributed by atoms with Gasteiger partial charge in [-0.15, -0.1) is 11.3 Å². The minimum Gasteiger partial charge on any atom is -0.481 e. The average molecular weight is 345 g/mol. The molecule has 6 heteroatoms. The summed E-state index contributed by atoms with van der Waals surface area (Å²) in [6.45, 7) is 0. The largest absolute Gasteiger partial charge is 0.481 e. The number of hydrogen-bond acceptors (Lipinski definition) is 3. The monoisotopic (exact) mass is 345 g/mol. The third kappa shape index (κ3) is 3.65. The topological polar surface area (TPSA) is 50.2 Å². The molecule has 1 N–H and O–H groups in total. The number of carboxylic acids is 1. The summed E-state index contributed by atoms with van der Waals surface area (Å²) in [6.07, 6.45) is 1.66. The van der Waals surface area contributed by atoms with Crippen molar-refractivity contribution in [2.24, 2.45) is 0 Å². The van der Waals surface area contributed by atoms with Crippen molar-refractivity contribution in [3.05, 3.63) is 64.7 Å². The number of aromatic nitrogens is 1. The van der Waals surface area contributed by atoms with E-state index in [4.69, 9.17) is 5.11 Å². The summed E-state index contributed by atoms with van der Waals surface area (Å²) in [5.74, 6) is -2.29. The predicted molar refractivity (Wildman–Crippen MR) is 90.7 cm³/mol. The minimum absolute atomic E-state index is 0.0927. The van der Waals surface area contributed by atoms with Gasteiger partial charge in [-0.1, -0.05) is 12.1 Å². The zero-order valence-electron chi connectivity index (χ0n) is 12.5. The fraction of sp³-hybridized carbons (Fsp3) is 0.111. The quantitative estimate of drug-likeness (QED) is 0.709. The predicted octanol–water partition coefficient (Wildman–Crippen LogP) is 4.98. The molecule has 0 saturated carbocycles. The number of fused-ring (bicyclic) bond motifs is 1. The molecule has 0 saturated heterocycles. The summed E-state index contributed by atoms with van der Waals surface area (Å²) < 4.78 is 27.9. The molecule has 24 heavy (non-hydrogen) atoms. The third-order valence-corrected chi connectivity index (χ3v) is 4.58. The van der Waals surface area contributed by atoms with E-state index in [1.165, 1.54) is 29.5 Å². The standard InChI is InChI=1S/C18H13F2NO2S/c19-13-7-5-11(14(20)10-13)9-12(6-8-17(22)23)18-21-15-3-1-2-4-16(15)24-18/h1-5,7,9-10H,6,8H2,(H,22,23)/b12-9+. The van der Waals surface area contributed by atoms with Crippen LogP contribution in [0.1, 0.15) is 23.4 Å². The van der Waals surface area contributed by atoms with E-state index in [1.807, 2.05) is 24.3 Å². The molecule has 3 rings (SSSR count). The molecular formula is C18H13F2NO2S. The second-order valence-electron chi connectivity index (χ2n) is 5.22. The van der Waals surface area contributed by atoms with Crippen LogP contribution < -0.4 is 0 Å². The number of carbonyl (C=O) groups is 1. The number of para-hydroxylation sites is 1. The molecule has 0 amide bonds. The number of carboxylic acid groups (broad SMARTS) is 1. The van der Waals surface area contributed by atoms with Crippen molar-refractivity contribution in [3.63, 3.8) is 0 Å². The molecule has 0 unspecified atom stereocenters. The Kier molecular flexibility index (Phi) is 4.66. The first kappa shape index (κ1) is 16.3. The number of aliphatic carboxylic acids is 1. The molecule has 0 aliphatic heterocycles. The Balaban J connectivity index is 2.04.